The summed E-state index contributed by atoms with van der Waals surface area (Å²) in [6, 6.07) is 0. The first-order chi connectivity index (χ1) is 9.00. The van der Waals surface area contributed by atoms with Crippen LogP contribution >= 0.6 is 7.60 Å². The van der Waals surface area contributed by atoms with Crippen LogP contribution in [0.1, 0.15) is 27.2 Å². The van der Waals surface area contributed by atoms with Gasteiger partial charge in [-0.05, 0) is 27.2 Å². The van der Waals surface area contributed by atoms with Crippen molar-refractivity contribution in [3.8, 4) is 0 Å². The lowest BCUT2D eigenvalue weighted by molar-refractivity contribution is -0.126. The zero-order valence-corrected chi connectivity index (χ0v) is 12.4. The molecule has 110 valence electrons. The van der Waals surface area contributed by atoms with Gasteiger partial charge in [-0.15, -0.1) is 0 Å². The molecule has 1 saturated heterocycles. The molecule has 1 aliphatic rings. The van der Waals surface area contributed by atoms with Crippen molar-refractivity contribution in [1.82, 2.24) is 4.90 Å². The molecule has 0 N–H and O–H groups in total. The molecule has 0 aromatic heterocycles. The molecule has 0 saturated carbocycles. The number of hydrogen-bond acceptors (Lipinski definition) is 6. The number of ether oxygens (including phenoxy) is 1. The normalized spacial score (nSPS) is 19.8. The molecule has 0 bridgehead atoms. The van der Waals surface area contributed by atoms with Gasteiger partial charge < -0.3 is 13.8 Å². The minimum absolute atomic E-state index is 0.173. The quantitative estimate of drug-likeness (QED) is 0.697. The van der Waals surface area contributed by atoms with E-state index in [1.807, 2.05) is 0 Å². The highest BCUT2D eigenvalue weighted by Gasteiger charge is 2.49. The summed E-state index contributed by atoms with van der Waals surface area (Å²) in [5, 5.41) is 0. The van der Waals surface area contributed by atoms with Gasteiger partial charge in [0.05, 0.1) is 19.8 Å². The number of nitrogens with zero attached hydrogens (tertiary/aromatic N) is 1. The Balaban J connectivity index is 2.83. The average molecular weight is 293 g/mol. The van der Waals surface area contributed by atoms with Gasteiger partial charge in [-0.2, -0.15) is 0 Å². The van der Waals surface area contributed by atoms with E-state index in [1.165, 1.54) is 0 Å². The van der Waals surface area contributed by atoms with E-state index in [2.05, 4.69) is 0 Å². The highest BCUT2D eigenvalue weighted by Crippen LogP contribution is 2.56. The molecule has 0 aliphatic carbocycles. The van der Waals surface area contributed by atoms with Crippen LogP contribution in [0.4, 0.5) is 4.79 Å². The summed E-state index contributed by atoms with van der Waals surface area (Å²) in [6.07, 6.45) is -0.455. The Morgan fingerprint density at radius 3 is 2.32 bits per heavy atom. The first kappa shape index (κ1) is 16.1. The smallest absolute Gasteiger partial charge is 0.416 e. The number of rotatable bonds is 6. The molecule has 0 spiro atoms. The van der Waals surface area contributed by atoms with Gasteiger partial charge in [-0.1, -0.05) is 0 Å². The van der Waals surface area contributed by atoms with E-state index >= 15 is 0 Å². The van der Waals surface area contributed by atoms with Crippen molar-refractivity contribution >= 4 is 19.6 Å². The Hall–Kier alpha value is -0.910. The van der Waals surface area contributed by atoms with Crippen LogP contribution in [0.15, 0.2) is 0 Å². The van der Waals surface area contributed by atoms with Gasteiger partial charge in [0.15, 0.2) is 0 Å². The van der Waals surface area contributed by atoms with Crippen molar-refractivity contribution in [3.05, 3.63) is 0 Å². The lowest BCUT2D eigenvalue weighted by Crippen LogP contribution is -2.36. The predicted molar refractivity (Wildman–Crippen MR) is 68.0 cm³/mol. The van der Waals surface area contributed by atoms with Gasteiger partial charge in [-0.3, -0.25) is 9.36 Å². The van der Waals surface area contributed by atoms with Gasteiger partial charge in [0, 0.05) is 6.54 Å². The second-order valence-corrected chi connectivity index (χ2v) is 6.09. The maximum atomic E-state index is 12.5. The van der Waals surface area contributed by atoms with E-state index in [0.717, 1.165) is 4.90 Å². The molecular formula is C11H20NO6P. The van der Waals surface area contributed by atoms with Crippen LogP contribution in [0.5, 0.6) is 0 Å². The Morgan fingerprint density at radius 1 is 1.26 bits per heavy atom. The number of imide groups is 1. The van der Waals surface area contributed by atoms with Crippen LogP contribution < -0.4 is 0 Å². The molecule has 8 heteroatoms. The fourth-order valence-electron chi connectivity index (χ4n) is 1.92. The number of hydrogen-bond donors (Lipinski definition) is 0. The first-order valence-electron chi connectivity index (χ1n) is 6.37. The zero-order valence-electron chi connectivity index (χ0n) is 11.5. The van der Waals surface area contributed by atoms with Gasteiger partial charge in [0.2, 0.25) is 5.91 Å². The van der Waals surface area contributed by atoms with Crippen LogP contribution in [0, 0.1) is 0 Å². The van der Waals surface area contributed by atoms with Gasteiger partial charge >= 0.3 is 13.7 Å². The van der Waals surface area contributed by atoms with Gasteiger partial charge in [0.25, 0.3) is 0 Å². The van der Waals surface area contributed by atoms with Crippen molar-refractivity contribution in [3.63, 3.8) is 0 Å². The summed E-state index contributed by atoms with van der Waals surface area (Å²) >= 11 is 0. The van der Waals surface area contributed by atoms with Crippen molar-refractivity contribution in [2.45, 2.75) is 32.9 Å². The summed E-state index contributed by atoms with van der Waals surface area (Å²) < 4.78 is 27.6. The molecule has 7 nitrogen and oxygen atoms in total. The van der Waals surface area contributed by atoms with Gasteiger partial charge in [-0.25, -0.2) is 9.69 Å². The third-order valence-corrected chi connectivity index (χ3v) is 5.14. The highest BCUT2D eigenvalue weighted by atomic mass is 31.2. The number of carbonyl (C=O) groups is 2. The summed E-state index contributed by atoms with van der Waals surface area (Å²) in [5.74, 6) is -0.552. The van der Waals surface area contributed by atoms with E-state index < -0.39 is 25.3 Å². The average Bonchev–Trinajstić information content (AvgIpc) is 2.72. The molecule has 0 radical (unpaired) electrons. The molecule has 1 rings (SSSR count). The molecule has 1 fully saturated rings. The number of likely N-dealkylation sites (tertiary alicyclic amines) is 1. The molecular weight excluding hydrogens is 273 g/mol. The Kier molecular flexibility index (Phi) is 5.97. The fourth-order valence-corrected chi connectivity index (χ4v) is 3.91. The van der Waals surface area contributed by atoms with E-state index in [9.17, 15) is 14.2 Å². The first-order valence-corrected chi connectivity index (χ1v) is 7.98. The van der Waals surface area contributed by atoms with Crippen molar-refractivity contribution in [2.24, 2.45) is 0 Å². The van der Waals surface area contributed by atoms with Crippen molar-refractivity contribution < 1.29 is 27.9 Å². The lowest BCUT2D eigenvalue weighted by Gasteiger charge is -2.21. The molecule has 0 aromatic rings. The minimum atomic E-state index is -3.52. The maximum Gasteiger partial charge on any atom is 0.416 e. The summed E-state index contributed by atoms with van der Waals surface area (Å²) in [7, 11) is -3.52. The lowest BCUT2D eigenvalue weighted by atomic mass is 10.4. The minimum Gasteiger partial charge on any atom is -0.449 e. The molecule has 1 atom stereocenters. The van der Waals surface area contributed by atoms with Crippen LogP contribution in [-0.4, -0.2) is 48.9 Å². The molecule has 1 heterocycles. The third-order valence-electron chi connectivity index (χ3n) is 2.67. The Morgan fingerprint density at radius 2 is 1.84 bits per heavy atom. The molecule has 1 aliphatic heterocycles. The summed E-state index contributed by atoms with van der Waals surface area (Å²) in [5.41, 5.74) is -0.920. The molecule has 1 unspecified atom stereocenters. The standard InChI is InChI=1S/C11H20NO6P/c1-4-16-11(14)12-8-7-9(10(12)13)19(15,17-5-2)18-6-3/h9H,4-8H2,1-3H3. The van der Waals surface area contributed by atoms with Crippen LogP contribution in [0.3, 0.4) is 0 Å². The highest BCUT2D eigenvalue weighted by molar-refractivity contribution is 7.55. The Labute approximate surface area is 112 Å². The van der Waals surface area contributed by atoms with Gasteiger partial charge in [0.1, 0.15) is 5.66 Å². The third kappa shape index (κ3) is 3.55. The van der Waals surface area contributed by atoms with Crippen molar-refractivity contribution in [2.75, 3.05) is 26.4 Å². The maximum absolute atomic E-state index is 12.5. The number of amides is 2. The SMILES string of the molecule is CCOC(=O)N1CCC(P(=O)(OCC)OCC)C1=O. The second-order valence-electron chi connectivity index (χ2n) is 3.87. The summed E-state index contributed by atoms with van der Waals surface area (Å²) in [4.78, 5) is 24.6. The van der Waals surface area contributed by atoms with E-state index in [4.69, 9.17) is 13.8 Å². The fraction of sp³-hybridized carbons (Fsp3) is 0.818. The second kappa shape index (κ2) is 7.03. The topological polar surface area (TPSA) is 82.1 Å². The largest absolute Gasteiger partial charge is 0.449 e. The monoisotopic (exact) mass is 293 g/mol. The van der Waals surface area contributed by atoms with E-state index in [-0.39, 0.29) is 32.8 Å². The molecule has 19 heavy (non-hydrogen) atoms. The van der Waals surface area contributed by atoms with Crippen LogP contribution in [0.25, 0.3) is 0 Å². The van der Waals surface area contributed by atoms with E-state index in [1.54, 1.807) is 20.8 Å². The number of carbonyl (C=O) groups excluding carboxylic acids is 2. The molecule has 0 aromatic carbocycles. The van der Waals surface area contributed by atoms with Crippen LogP contribution in [-0.2, 0) is 23.1 Å². The Bertz CT molecular complexity index is 375. The predicted octanol–water partition coefficient (Wildman–Crippen LogP) is 2.01. The van der Waals surface area contributed by atoms with E-state index in [0.29, 0.717) is 0 Å². The summed E-state index contributed by atoms with van der Waals surface area (Å²) in [6.45, 7) is 5.72. The van der Waals surface area contributed by atoms with Crippen LogP contribution in [0.2, 0.25) is 0 Å². The molecule has 2 amide bonds. The zero-order chi connectivity index (χ0) is 14.5. The van der Waals surface area contributed by atoms with Crippen molar-refractivity contribution in [1.29, 1.82) is 0 Å².